The molecule has 0 N–H and O–H groups in total. The van der Waals surface area contributed by atoms with E-state index in [0.29, 0.717) is 29.3 Å². The Morgan fingerprint density at radius 1 is 1.27 bits per heavy atom. The number of benzene rings is 1. The molecule has 26 heavy (non-hydrogen) atoms. The maximum Gasteiger partial charge on any atom is 0.319 e. The molecule has 3 aromatic rings. The van der Waals surface area contributed by atoms with Crippen LogP contribution in [0, 0.1) is 0 Å². The lowest BCUT2D eigenvalue weighted by Gasteiger charge is -2.11. The van der Waals surface area contributed by atoms with E-state index in [1.165, 1.54) is 11.8 Å². The van der Waals surface area contributed by atoms with E-state index in [2.05, 4.69) is 17.1 Å². The second kappa shape index (κ2) is 6.75. The van der Waals surface area contributed by atoms with E-state index >= 15 is 0 Å². The summed E-state index contributed by atoms with van der Waals surface area (Å²) in [5, 5.41) is 9.49. The maximum atomic E-state index is 12.9. The van der Waals surface area contributed by atoms with E-state index in [0.717, 1.165) is 18.4 Å². The molecule has 0 saturated carbocycles. The molecule has 1 fully saturated rings. The van der Waals surface area contributed by atoms with Gasteiger partial charge in [0, 0.05) is 13.0 Å². The second-order valence-electron chi connectivity index (χ2n) is 6.54. The highest BCUT2D eigenvalue weighted by atomic mass is 32.2. The van der Waals surface area contributed by atoms with Crippen LogP contribution in [0.25, 0.3) is 16.7 Å². The first-order valence-corrected chi connectivity index (χ1v) is 9.72. The third kappa shape index (κ3) is 2.78. The van der Waals surface area contributed by atoms with Gasteiger partial charge in [-0.1, -0.05) is 37.2 Å². The van der Waals surface area contributed by atoms with Crippen molar-refractivity contribution >= 4 is 34.4 Å². The molecule has 1 saturated heterocycles. The number of ether oxygens (including phenoxy) is 1. The Bertz CT molecular complexity index is 1040. The zero-order valence-corrected chi connectivity index (χ0v) is 15.5. The van der Waals surface area contributed by atoms with Gasteiger partial charge < -0.3 is 4.74 Å². The summed E-state index contributed by atoms with van der Waals surface area (Å²) in [4.78, 5) is 24.9. The van der Waals surface area contributed by atoms with Gasteiger partial charge in [-0.05, 0) is 25.5 Å². The van der Waals surface area contributed by atoms with Gasteiger partial charge in [0.05, 0.1) is 10.9 Å². The number of nitrogens with zero attached hydrogens (tertiary/aromatic N) is 4. The minimum atomic E-state index is -0.299. The Labute approximate surface area is 154 Å². The first-order valence-electron chi connectivity index (χ1n) is 8.84. The van der Waals surface area contributed by atoms with Crippen LogP contribution in [0.4, 0.5) is 0 Å². The standard InChI is InChI=1S/C18H20N4O3S/c1-3-4-9-21-15(23)12-7-5-6-8-13(12)22-17(21)19-20-18(22)26-14-10-11(2)25-16(14)24/h5-8,11,14H,3-4,9-10H2,1-2H3. The van der Waals surface area contributed by atoms with Crippen molar-refractivity contribution in [2.75, 3.05) is 0 Å². The molecular formula is C18H20N4O3S. The fraction of sp³-hybridized carbons (Fsp3) is 0.444. The quantitative estimate of drug-likeness (QED) is 0.641. The largest absolute Gasteiger partial charge is 0.462 e. The van der Waals surface area contributed by atoms with Crippen LogP contribution in [0.2, 0.25) is 0 Å². The van der Waals surface area contributed by atoms with E-state index < -0.39 is 0 Å². The topological polar surface area (TPSA) is 78.5 Å². The summed E-state index contributed by atoms with van der Waals surface area (Å²) in [6.45, 7) is 4.56. The Kier molecular flexibility index (Phi) is 4.44. The molecule has 0 aliphatic carbocycles. The van der Waals surface area contributed by atoms with Crippen LogP contribution >= 0.6 is 11.8 Å². The van der Waals surface area contributed by atoms with Crippen molar-refractivity contribution in [1.29, 1.82) is 0 Å². The number of hydrogen-bond donors (Lipinski definition) is 0. The molecule has 0 amide bonds. The van der Waals surface area contributed by atoms with E-state index in [9.17, 15) is 9.59 Å². The van der Waals surface area contributed by atoms with Crippen LogP contribution in [0.5, 0.6) is 0 Å². The highest BCUT2D eigenvalue weighted by Gasteiger charge is 2.34. The van der Waals surface area contributed by atoms with Crippen molar-refractivity contribution in [3.8, 4) is 0 Å². The van der Waals surface area contributed by atoms with Gasteiger partial charge in [0.15, 0.2) is 5.16 Å². The Morgan fingerprint density at radius 2 is 2.08 bits per heavy atom. The highest BCUT2D eigenvalue weighted by molar-refractivity contribution is 8.00. The van der Waals surface area contributed by atoms with E-state index in [1.54, 1.807) is 4.57 Å². The van der Waals surface area contributed by atoms with Crippen molar-refractivity contribution in [1.82, 2.24) is 19.2 Å². The molecule has 1 aliphatic rings. The minimum absolute atomic E-state index is 0.0561. The molecule has 3 heterocycles. The minimum Gasteiger partial charge on any atom is -0.462 e. The summed E-state index contributed by atoms with van der Waals surface area (Å²) in [7, 11) is 0. The number of rotatable bonds is 5. The molecule has 0 spiro atoms. The fourth-order valence-corrected chi connectivity index (χ4v) is 4.42. The van der Waals surface area contributed by atoms with Crippen molar-refractivity contribution in [3.63, 3.8) is 0 Å². The lowest BCUT2D eigenvalue weighted by molar-refractivity contribution is -0.140. The molecular weight excluding hydrogens is 352 g/mol. The lowest BCUT2D eigenvalue weighted by atomic mass is 10.2. The summed E-state index contributed by atoms with van der Waals surface area (Å²) in [6.07, 6.45) is 2.42. The van der Waals surface area contributed by atoms with E-state index in [-0.39, 0.29) is 22.9 Å². The number of thioether (sulfide) groups is 1. The zero-order chi connectivity index (χ0) is 18.3. The van der Waals surface area contributed by atoms with Gasteiger partial charge in [-0.25, -0.2) is 0 Å². The molecule has 2 unspecified atom stereocenters. The average Bonchev–Trinajstić information content (AvgIpc) is 3.18. The average molecular weight is 372 g/mol. The third-order valence-corrected chi connectivity index (χ3v) is 5.73. The number of carbonyl (C=O) groups is 1. The SMILES string of the molecule is CCCCn1c(=O)c2ccccc2n2c(SC3CC(C)OC3=O)nnc12. The van der Waals surface area contributed by atoms with Crippen LogP contribution in [-0.2, 0) is 16.1 Å². The molecule has 0 radical (unpaired) electrons. The molecule has 0 bridgehead atoms. The van der Waals surface area contributed by atoms with E-state index in [1.807, 2.05) is 35.6 Å². The number of esters is 1. The fourth-order valence-electron chi connectivity index (χ4n) is 3.27. The summed E-state index contributed by atoms with van der Waals surface area (Å²) in [5.41, 5.74) is 0.701. The van der Waals surface area contributed by atoms with Crippen molar-refractivity contribution in [3.05, 3.63) is 34.6 Å². The third-order valence-electron chi connectivity index (χ3n) is 4.59. The van der Waals surface area contributed by atoms with Gasteiger partial charge in [0.2, 0.25) is 5.78 Å². The number of hydrogen-bond acceptors (Lipinski definition) is 6. The molecule has 7 nitrogen and oxygen atoms in total. The van der Waals surface area contributed by atoms with Gasteiger partial charge in [0.25, 0.3) is 5.56 Å². The molecule has 4 rings (SSSR count). The highest BCUT2D eigenvalue weighted by Crippen LogP contribution is 2.32. The summed E-state index contributed by atoms with van der Waals surface area (Å²) < 4.78 is 8.81. The maximum absolute atomic E-state index is 12.9. The van der Waals surface area contributed by atoms with Crippen LogP contribution in [0.1, 0.15) is 33.1 Å². The zero-order valence-electron chi connectivity index (χ0n) is 14.7. The second-order valence-corrected chi connectivity index (χ2v) is 7.71. The van der Waals surface area contributed by atoms with E-state index in [4.69, 9.17) is 4.74 Å². The van der Waals surface area contributed by atoms with Crippen LogP contribution in [-0.4, -0.2) is 36.5 Å². The predicted octanol–water partition coefficient (Wildman–Crippen LogP) is 2.64. The molecule has 1 aliphatic heterocycles. The summed E-state index contributed by atoms with van der Waals surface area (Å²) >= 11 is 1.35. The van der Waals surface area contributed by atoms with Crippen molar-refractivity contribution < 1.29 is 9.53 Å². The van der Waals surface area contributed by atoms with Gasteiger partial charge in [0.1, 0.15) is 11.4 Å². The van der Waals surface area contributed by atoms with Gasteiger partial charge in [-0.2, -0.15) is 0 Å². The summed E-state index contributed by atoms with van der Waals surface area (Å²) in [6, 6.07) is 7.45. The van der Waals surface area contributed by atoms with Gasteiger partial charge in [-0.3, -0.25) is 18.6 Å². The van der Waals surface area contributed by atoms with Crippen LogP contribution in [0.15, 0.2) is 34.2 Å². The van der Waals surface area contributed by atoms with Gasteiger partial charge >= 0.3 is 5.97 Å². The number of unbranched alkanes of at least 4 members (excludes halogenated alkanes) is 1. The monoisotopic (exact) mass is 372 g/mol. The van der Waals surface area contributed by atoms with Crippen LogP contribution in [0.3, 0.4) is 0 Å². The van der Waals surface area contributed by atoms with Gasteiger partial charge in [-0.15, -0.1) is 10.2 Å². The Hall–Kier alpha value is -2.35. The lowest BCUT2D eigenvalue weighted by Crippen LogP contribution is -2.23. The normalized spacial score (nSPS) is 20.2. The number of carbonyl (C=O) groups excluding carboxylic acids is 1. The smallest absolute Gasteiger partial charge is 0.319 e. The molecule has 136 valence electrons. The number of fused-ring (bicyclic) bond motifs is 3. The first-order chi connectivity index (χ1) is 12.6. The molecule has 2 aromatic heterocycles. The number of aromatic nitrogens is 4. The number of para-hydroxylation sites is 1. The predicted molar refractivity (Wildman–Crippen MR) is 99.5 cm³/mol. The number of aryl methyl sites for hydroxylation is 1. The molecule has 1 aromatic carbocycles. The molecule has 2 atom stereocenters. The first kappa shape index (κ1) is 17.1. The Balaban J connectivity index is 1.89. The van der Waals surface area contributed by atoms with Crippen molar-refractivity contribution in [2.45, 2.75) is 56.2 Å². The van der Waals surface area contributed by atoms with Crippen molar-refractivity contribution in [2.24, 2.45) is 0 Å². The molecule has 8 heteroatoms. The summed E-state index contributed by atoms with van der Waals surface area (Å²) in [5.74, 6) is 0.298. The number of cyclic esters (lactones) is 1. The Morgan fingerprint density at radius 3 is 2.81 bits per heavy atom. The van der Waals surface area contributed by atoms with Crippen LogP contribution < -0.4 is 5.56 Å².